The van der Waals surface area contributed by atoms with Crippen LogP contribution < -0.4 is 0 Å². The first-order chi connectivity index (χ1) is 12.1. The van der Waals surface area contributed by atoms with E-state index < -0.39 is 17.2 Å². The highest BCUT2D eigenvalue weighted by Crippen LogP contribution is 2.28. The van der Waals surface area contributed by atoms with Crippen molar-refractivity contribution in [3.63, 3.8) is 0 Å². The topological polar surface area (TPSA) is 23.8 Å². The van der Waals surface area contributed by atoms with Crippen molar-refractivity contribution < 1.29 is 8.78 Å². The highest BCUT2D eigenvalue weighted by atomic mass is 19.1. The molecule has 2 aromatic rings. The molecular weight excluding hydrogens is 316 g/mol. The van der Waals surface area contributed by atoms with E-state index in [2.05, 4.69) is 24.8 Å². The molecular formula is C22H17F2N. The number of unbranched alkanes of at least 4 members (excludes halogenated alkanes) is 1. The molecule has 0 bridgehead atoms. The van der Waals surface area contributed by atoms with E-state index in [0.29, 0.717) is 0 Å². The van der Waals surface area contributed by atoms with Crippen molar-refractivity contribution >= 4 is 6.08 Å². The van der Waals surface area contributed by atoms with Gasteiger partial charge in [0.25, 0.3) is 0 Å². The molecule has 0 saturated carbocycles. The van der Waals surface area contributed by atoms with Gasteiger partial charge < -0.3 is 0 Å². The fraction of sp³-hybridized carbons (Fsp3) is 0.227. The first kappa shape index (κ1) is 16.9. The Balaban J connectivity index is 1.80. The maximum Gasteiger partial charge on any atom is 0.145 e. The maximum absolute atomic E-state index is 13.6. The summed E-state index contributed by atoms with van der Waals surface area (Å²) >= 11 is 0. The molecule has 0 aliphatic heterocycles. The largest absolute Gasteiger partial charge is 0.205 e. The Kier molecular flexibility index (Phi) is 4.96. The molecule has 2 aromatic carbocycles. The van der Waals surface area contributed by atoms with Crippen LogP contribution in [0, 0.1) is 34.8 Å². The Morgan fingerprint density at radius 3 is 2.44 bits per heavy atom. The lowest BCUT2D eigenvalue weighted by Crippen LogP contribution is -1.92. The minimum atomic E-state index is -0.884. The number of benzene rings is 2. The predicted octanol–water partition coefficient (Wildman–Crippen LogP) is 5.37. The van der Waals surface area contributed by atoms with E-state index >= 15 is 0 Å². The summed E-state index contributed by atoms with van der Waals surface area (Å²) in [6, 6.07) is 9.68. The van der Waals surface area contributed by atoms with Gasteiger partial charge in [0.05, 0.1) is 0 Å². The first-order valence-corrected chi connectivity index (χ1v) is 8.34. The quantitative estimate of drug-likeness (QED) is 0.693. The highest BCUT2D eigenvalue weighted by Gasteiger charge is 2.12. The number of nitriles is 1. The van der Waals surface area contributed by atoms with Crippen LogP contribution in [0.4, 0.5) is 8.78 Å². The van der Waals surface area contributed by atoms with Gasteiger partial charge in [-0.1, -0.05) is 42.9 Å². The third kappa shape index (κ3) is 3.78. The molecule has 0 aromatic heterocycles. The lowest BCUT2D eigenvalue weighted by atomic mass is 10.0. The summed E-state index contributed by atoms with van der Waals surface area (Å²) in [5.74, 6) is 3.96. The zero-order chi connectivity index (χ0) is 17.8. The molecule has 0 unspecified atom stereocenters. The fourth-order valence-corrected chi connectivity index (χ4v) is 2.95. The summed E-state index contributed by atoms with van der Waals surface area (Å²) < 4.78 is 27.2. The van der Waals surface area contributed by atoms with Gasteiger partial charge in [0, 0.05) is 11.1 Å². The van der Waals surface area contributed by atoms with Crippen LogP contribution >= 0.6 is 0 Å². The van der Waals surface area contributed by atoms with Gasteiger partial charge in [-0.3, -0.25) is 0 Å². The van der Waals surface area contributed by atoms with E-state index in [4.69, 9.17) is 5.26 Å². The van der Waals surface area contributed by atoms with E-state index in [1.807, 2.05) is 18.2 Å². The average molecular weight is 333 g/mol. The third-order valence-corrected chi connectivity index (χ3v) is 4.28. The highest BCUT2D eigenvalue weighted by molar-refractivity contribution is 5.65. The molecule has 0 heterocycles. The van der Waals surface area contributed by atoms with Crippen molar-refractivity contribution in [1.29, 1.82) is 5.26 Å². The van der Waals surface area contributed by atoms with Crippen LogP contribution in [-0.4, -0.2) is 0 Å². The Morgan fingerprint density at radius 1 is 1.04 bits per heavy atom. The summed E-state index contributed by atoms with van der Waals surface area (Å²) in [4.78, 5) is 0. The third-order valence-electron chi connectivity index (χ3n) is 4.28. The van der Waals surface area contributed by atoms with Crippen LogP contribution in [0.15, 0.2) is 35.9 Å². The van der Waals surface area contributed by atoms with Gasteiger partial charge in [-0.2, -0.15) is 5.26 Å². The molecule has 1 nitrogen and oxygen atoms in total. The van der Waals surface area contributed by atoms with Crippen LogP contribution in [0.25, 0.3) is 6.08 Å². The van der Waals surface area contributed by atoms with Gasteiger partial charge in [0.2, 0.25) is 0 Å². The zero-order valence-corrected chi connectivity index (χ0v) is 14.0. The van der Waals surface area contributed by atoms with Gasteiger partial charge in [-0.05, 0) is 54.7 Å². The number of rotatable bonds is 3. The van der Waals surface area contributed by atoms with Crippen molar-refractivity contribution in [3.05, 3.63) is 75.4 Å². The molecule has 3 heteroatoms. The minimum Gasteiger partial charge on any atom is -0.205 e. The van der Waals surface area contributed by atoms with Crippen LogP contribution in [0.3, 0.4) is 0 Å². The van der Waals surface area contributed by atoms with E-state index in [9.17, 15) is 8.78 Å². The Morgan fingerprint density at radius 2 is 1.76 bits per heavy atom. The molecule has 0 fully saturated rings. The molecule has 0 spiro atoms. The minimum absolute atomic E-state index is 0.219. The summed E-state index contributed by atoms with van der Waals surface area (Å²) in [5.41, 5.74) is 4.37. The van der Waals surface area contributed by atoms with E-state index in [1.165, 1.54) is 35.6 Å². The molecule has 25 heavy (non-hydrogen) atoms. The molecule has 0 atom stereocenters. The van der Waals surface area contributed by atoms with Crippen LogP contribution in [-0.2, 0) is 6.42 Å². The Labute approximate surface area is 146 Å². The van der Waals surface area contributed by atoms with Crippen LogP contribution in [0.5, 0.6) is 0 Å². The molecule has 1 aliphatic carbocycles. The summed E-state index contributed by atoms with van der Waals surface area (Å²) in [6.07, 6.45) is 6.69. The molecule has 124 valence electrons. The fourth-order valence-electron chi connectivity index (χ4n) is 2.95. The maximum atomic E-state index is 13.6. The van der Waals surface area contributed by atoms with Crippen molar-refractivity contribution in [2.24, 2.45) is 0 Å². The average Bonchev–Trinajstić information content (AvgIpc) is 3.00. The van der Waals surface area contributed by atoms with Gasteiger partial charge >= 0.3 is 0 Å². The molecule has 0 amide bonds. The number of hydrogen-bond acceptors (Lipinski definition) is 1. The number of hydrogen-bond donors (Lipinski definition) is 0. The second-order valence-corrected chi connectivity index (χ2v) is 6.17. The van der Waals surface area contributed by atoms with Crippen molar-refractivity contribution in [2.75, 3.05) is 0 Å². The molecule has 3 rings (SSSR count). The zero-order valence-electron chi connectivity index (χ0n) is 14.0. The lowest BCUT2D eigenvalue weighted by Gasteiger charge is -2.01. The van der Waals surface area contributed by atoms with Crippen LogP contribution in [0.2, 0.25) is 0 Å². The van der Waals surface area contributed by atoms with Crippen molar-refractivity contribution in [2.45, 2.75) is 32.6 Å². The van der Waals surface area contributed by atoms with Crippen molar-refractivity contribution in [1.82, 2.24) is 0 Å². The van der Waals surface area contributed by atoms with Gasteiger partial charge in [-0.25, -0.2) is 8.78 Å². The Hall–Kier alpha value is -2.91. The predicted molar refractivity (Wildman–Crippen MR) is 94.7 cm³/mol. The summed E-state index contributed by atoms with van der Waals surface area (Å²) in [5, 5.41) is 8.69. The monoisotopic (exact) mass is 333 g/mol. The smallest absolute Gasteiger partial charge is 0.145 e. The first-order valence-electron chi connectivity index (χ1n) is 8.34. The van der Waals surface area contributed by atoms with Gasteiger partial charge in [0.1, 0.15) is 23.3 Å². The number of halogens is 2. The molecule has 0 N–H and O–H groups in total. The Bertz CT molecular complexity index is 929. The second-order valence-electron chi connectivity index (χ2n) is 6.17. The summed E-state index contributed by atoms with van der Waals surface area (Å²) in [7, 11) is 0. The van der Waals surface area contributed by atoms with Crippen molar-refractivity contribution in [3.8, 4) is 17.9 Å². The normalized spacial score (nSPS) is 12.0. The van der Waals surface area contributed by atoms with Gasteiger partial charge in [-0.15, -0.1) is 0 Å². The molecule has 0 saturated heterocycles. The van der Waals surface area contributed by atoms with Crippen LogP contribution in [0.1, 0.15) is 54.0 Å². The second kappa shape index (κ2) is 7.32. The number of allylic oxidation sites excluding steroid dienone is 1. The SMILES string of the molecule is CCCCC1=Cc2ccc(C#Cc3cc(F)c(C#N)c(F)c3)cc2C1. The van der Waals surface area contributed by atoms with Gasteiger partial charge in [0.15, 0.2) is 0 Å². The van der Waals surface area contributed by atoms with E-state index in [-0.39, 0.29) is 5.56 Å². The van der Waals surface area contributed by atoms with E-state index in [0.717, 1.165) is 30.5 Å². The molecule has 0 radical (unpaired) electrons. The number of fused-ring (bicyclic) bond motifs is 1. The number of nitrogens with zero attached hydrogens (tertiary/aromatic N) is 1. The standard InChI is InChI=1S/C22H17F2N/c1-2-3-4-16-10-18-8-7-15(9-19(18)11-16)5-6-17-12-21(23)20(14-25)22(24)13-17/h7-10,12-13H,2-4,11H2,1H3. The molecule has 1 aliphatic rings. The lowest BCUT2D eigenvalue weighted by molar-refractivity contribution is 0.576. The summed E-state index contributed by atoms with van der Waals surface area (Å²) in [6.45, 7) is 2.19. The van der Waals surface area contributed by atoms with E-state index in [1.54, 1.807) is 0 Å².